The molecule has 0 amide bonds. The molecule has 0 N–H and O–H groups in total. The van der Waals surface area contributed by atoms with E-state index in [2.05, 4.69) is 145 Å². The Labute approximate surface area is 247 Å². The van der Waals surface area contributed by atoms with Crippen molar-refractivity contribution in [2.45, 2.75) is 31.6 Å². The van der Waals surface area contributed by atoms with Crippen LogP contribution in [0, 0.1) is 0 Å². The van der Waals surface area contributed by atoms with Crippen molar-refractivity contribution in [3.63, 3.8) is 0 Å². The lowest BCUT2D eigenvalue weighted by molar-refractivity contribution is 0.688. The van der Waals surface area contributed by atoms with Crippen molar-refractivity contribution in [3.8, 4) is 0 Å². The van der Waals surface area contributed by atoms with E-state index in [0.29, 0.717) is 0 Å². The number of aryl methyl sites for hydroxylation is 1. The number of benzene rings is 6. The Balaban J connectivity index is 1.52. The van der Waals surface area contributed by atoms with Crippen LogP contribution in [0.4, 0.5) is 17.1 Å². The summed E-state index contributed by atoms with van der Waals surface area (Å²) in [5.74, 6) is 0. The first kappa shape index (κ1) is 23.8. The summed E-state index contributed by atoms with van der Waals surface area (Å²) in [6.45, 7) is 2.28. The van der Waals surface area contributed by atoms with E-state index in [1.807, 2.05) is 0 Å². The van der Waals surface area contributed by atoms with Crippen LogP contribution in [0.25, 0.3) is 27.1 Å². The highest BCUT2D eigenvalue weighted by Crippen LogP contribution is 2.65. The first-order chi connectivity index (χ1) is 20.8. The van der Waals surface area contributed by atoms with Crippen LogP contribution < -0.4 is 4.90 Å². The second-order valence-corrected chi connectivity index (χ2v) is 11.9. The quantitative estimate of drug-likeness (QED) is 0.212. The van der Waals surface area contributed by atoms with Gasteiger partial charge in [-0.3, -0.25) is 0 Å². The van der Waals surface area contributed by atoms with Gasteiger partial charge in [-0.2, -0.15) is 0 Å². The molecule has 200 valence electrons. The number of nitrogens with zero attached hydrogens (tertiary/aromatic N) is 1. The maximum absolute atomic E-state index is 2.53. The Bertz CT molecular complexity index is 2040. The zero-order chi connectivity index (χ0) is 27.8. The third-order valence-corrected chi connectivity index (χ3v) is 9.84. The number of allylic oxidation sites excluding steroid dienone is 4. The highest BCUT2D eigenvalue weighted by molar-refractivity contribution is 6.03. The molecule has 1 nitrogen and oxygen atoms in total. The second kappa shape index (κ2) is 8.81. The molecule has 0 unspecified atom stereocenters. The van der Waals surface area contributed by atoms with Gasteiger partial charge in [-0.1, -0.05) is 104 Å². The molecule has 0 saturated heterocycles. The molecule has 0 fully saturated rings. The van der Waals surface area contributed by atoms with E-state index in [-0.39, 0.29) is 5.41 Å². The van der Waals surface area contributed by atoms with E-state index >= 15 is 0 Å². The van der Waals surface area contributed by atoms with Crippen molar-refractivity contribution in [3.05, 3.63) is 167 Å². The summed E-state index contributed by atoms with van der Waals surface area (Å²) < 4.78 is 0. The van der Waals surface area contributed by atoms with Crippen molar-refractivity contribution >= 4 is 44.2 Å². The number of anilines is 3. The predicted octanol–water partition coefficient (Wildman–Crippen LogP) is 10.8. The van der Waals surface area contributed by atoms with Gasteiger partial charge in [-0.05, 0) is 116 Å². The summed E-state index contributed by atoms with van der Waals surface area (Å²) in [7, 11) is 0. The Morgan fingerprint density at radius 1 is 0.619 bits per heavy atom. The highest BCUT2D eigenvalue weighted by atomic mass is 15.2. The van der Waals surface area contributed by atoms with Crippen molar-refractivity contribution in [2.75, 3.05) is 4.90 Å². The number of fused-ring (bicyclic) bond motifs is 10. The van der Waals surface area contributed by atoms with Crippen molar-refractivity contribution < 1.29 is 0 Å². The van der Waals surface area contributed by atoms with Gasteiger partial charge in [0.05, 0.1) is 16.8 Å². The largest absolute Gasteiger partial charge is 0.310 e. The van der Waals surface area contributed by atoms with Crippen LogP contribution in [0.3, 0.4) is 0 Å². The smallest absolute Gasteiger partial charge is 0.0718 e. The first-order valence-corrected chi connectivity index (χ1v) is 15.2. The van der Waals surface area contributed by atoms with E-state index in [4.69, 9.17) is 0 Å². The lowest BCUT2D eigenvalue weighted by Crippen LogP contribution is -2.37. The number of hydrogen-bond acceptors (Lipinski definition) is 1. The summed E-state index contributed by atoms with van der Waals surface area (Å²) in [4.78, 5) is 2.52. The minimum absolute atomic E-state index is 0.357. The second-order valence-electron chi connectivity index (χ2n) is 11.9. The van der Waals surface area contributed by atoms with E-state index in [1.165, 1.54) is 72.0 Å². The van der Waals surface area contributed by atoms with Crippen molar-refractivity contribution in [1.82, 2.24) is 0 Å². The van der Waals surface area contributed by atoms with Gasteiger partial charge < -0.3 is 4.90 Å². The molecule has 6 aromatic rings. The first-order valence-electron chi connectivity index (χ1n) is 15.2. The van der Waals surface area contributed by atoms with Crippen LogP contribution in [0.1, 0.15) is 47.6 Å². The minimum atomic E-state index is -0.357. The number of para-hydroxylation sites is 1. The Kier molecular flexibility index (Phi) is 4.99. The molecule has 3 aliphatic rings. The zero-order valence-electron chi connectivity index (χ0n) is 23.8. The molecule has 0 saturated carbocycles. The van der Waals surface area contributed by atoms with Crippen LogP contribution in [-0.4, -0.2) is 0 Å². The fraction of sp³-hybridized carbons (Fsp3) is 0.122. The molecule has 0 bridgehead atoms. The monoisotopic (exact) mass is 537 g/mol. The summed E-state index contributed by atoms with van der Waals surface area (Å²) in [5, 5.41) is 5.13. The normalized spacial score (nSPS) is 16.1. The highest BCUT2D eigenvalue weighted by Gasteiger charge is 2.53. The van der Waals surface area contributed by atoms with Crippen molar-refractivity contribution in [2.24, 2.45) is 0 Å². The fourth-order valence-electron chi connectivity index (χ4n) is 8.00. The average molecular weight is 538 g/mol. The summed E-state index contributed by atoms with van der Waals surface area (Å²) in [5.41, 5.74) is 13.4. The molecule has 1 spiro atoms. The molecule has 0 aromatic heterocycles. The number of rotatable bonds is 2. The molecule has 1 heteroatoms. The van der Waals surface area contributed by atoms with E-state index < -0.39 is 0 Å². The Hall–Kier alpha value is -4.88. The van der Waals surface area contributed by atoms with Gasteiger partial charge >= 0.3 is 0 Å². The summed E-state index contributed by atoms with van der Waals surface area (Å²) in [6, 6.07) is 45.8. The van der Waals surface area contributed by atoms with Crippen LogP contribution >= 0.6 is 0 Å². The van der Waals surface area contributed by atoms with E-state index in [1.54, 1.807) is 5.57 Å². The minimum Gasteiger partial charge on any atom is -0.310 e. The van der Waals surface area contributed by atoms with E-state index in [9.17, 15) is 0 Å². The fourth-order valence-corrected chi connectivity index (χ4v) is 8.00. The lowest BCUT2D eigenvalue weighted by Gasteiger charge is -2.46. The van der Waals surface area contributed by atoms with E-state index in [0.717, 1.165) is 19.3 Å². The van der Waals surface area contributed by atoms with Crippen LogP contribution in [-0.2, 0) is 11.8 Å². The number of hydrogen-bond donors (Lipinski definition) is 0. The lowest BCUT2D eigenvalue weighted by atomic mass is 9.62. The molecule has 1 heterocycles. The summed E-state index contributed by atoms with van der Waals surface area (Å²) >= 11 is 0. The van der Waals surface area contributed by atoms with Crippen LogP contribution in [0.2, 0.25) is 0 Å². The molecule has 2 aliphatic carbocycles. The maximum Gasteiger partial charge on any atom is 0.0718 e. The Morgan fingerprint density at radius 3 is 1.83 bits per heavy atom. The molecule has 0 atom stereocenters. The summed E-state index contributed by atoms with van der Waals surface area (Å²) in [6.07, 6.45) is 7.94. The average Bonchev–Trinajstić information content (AvgIpc) is 3.34. The standard InChI is InChI=1S/C41H31N/c1-2-27-20-21-34-33-18-10-11-19-35(33)41(36(34)22-27)37-23-28-12-6-8-14-30(28)25-39(37)42(32-16-4-3-5-17-32)40-26-31-15-9-7-13-29(31)24-38(40)41/h3-10,12-18,20-26H,2,11,19H2,1H3. The molecule has 9 rings (SSSR count). The van der Waals surface area contributed by atoms with Gasteiger partial charge in [0.25, 0.3) is 0 Å². The third-order valence-electron chi connectivity index (χ3n) is 9.84. The molecule has 6 aromatic carbocycles. The van der Waals surface area contributed by atoms with Crippen molar-refractivity contribution in [1.29, 1.82) is 0 Å². The van der Waals surface area contributed by atoms with Crippen LogP contribution in [0.15, 0.2) is 139 Å². The molecular weight excluding hydrogens is 506 g/mol. The van der Waals surface area contributed by atoms with Gasteiger partial charge in [-0.25, -0.2) is 0 Å². The molecule has 0 radical (unpaired) electrons. The molecule has 1 aliphatic heterocycles. The van der Waals surface area contributed by atoms with Gasteiger partial charge in [0.1, 0.15) is 0 Å². The van der Waals surface area contributed by atoms with Crippen LogP contribution in [0.5, 0.6) is 0 Å². The SMILES string of the molecule is CCc1ccc2c(c1)C1(C3=C2C=CCC3)c2cc3ccccc3cc2N(c2ccccc2)c2cc3ccccc3cc21. The van der Waals surface area contributed by atoms with Gasteiger partial charge in [0.15, 0.2) is 0 Å². The van der Waals surface area contributed by atoms with Gasteiger partial charge in [0, 0.05) is 5.69 Å². The third kappa shape index (κ3) is 3.09. The maximum atomic E-state index is 2.53. The zero-order valence-corrected chi connectivity index (χ0v) is 23.8. The predicted molar refractivity (Wildman–Crippen MR) is 177 cm³/mol. The molecule has 42 heavy (non-hydrogen) atoms. The topological polar surface area (TPSA) is 3.24 Å². The van der Waals surface area contributed by atoms with Gasteiger partial charge in [-0.15, -0.1) is 0 Å². The van der Waals surface area contributed by atoms with Gasteiger partial charge in [0.2, 0.25) is 0 Å². The molecular formula is C41H31N. The Morgan fingerprint density at radius 2 is 1.21 bits per heavy atom.